The molecule has 27 heavy (non-hydrogen) atoms. The highest BCUT2D eigenvalue weighted by atomic mass is 35.5. The van der Waals surface area contributed by atoms with E-state index >= 15 is 0 Å². The number of Topliss-reactive ketones (excluding diaryl/α,β-unsaturated/α-hetero) is 1. The summed E-state index contributed by atoms with van der Waals surface area (Å²) in [5.41, 5.74) is 2.21. The molecule has 2 aromatic rings. The molecule has 0 aliphatic heterocycles. The summed E-state index contributed by atoms with van der Waals surface area (Å²) in [5.74, 6) is 1.74. The predicted octanol–water partition coefficient (Wildman–Crippen LogP) is 6.05. The number of carbonyl (C=O) groups excluding carboxylic acids is 1. The van der Waals surface area contributed by atoms with Crippen LogP contribution in [0.15, 0.2) is 22.7 Å². The van der Waals surface area contributed by atoms with Crippen molar-refractivity contribution in [3.05, 3.63) is 39.6 Å². The Morgan fingerprint density at radius 3 is 2.41 bits per heavy atom. The molecule has 2 unspecified atom stereocenters. The summed E-state index contributed by atoms with van der Waals surface area (Å²) < 4.78 is 11.9. The number of fused-ring (bicyclic) bond motifs is 2. The van der Waals surface area contributed by atoms with Crippen LogP contribution >= 0.6 is 23.2 Å². The number of rotatable bonds is 5. The van der Waals surface area contributed by atoms with E-state index in [-0.39, 0.29) is 23.9 Å². The van der Waals surface area contributed by atoms with Crippen molar-refractivity contribution in [2.75, 3.05) is 0 Å². The van der Waals surface area contributed by atoms with E-state index in [1.165, 1.54) is 0 Å². The zero-order valence-corrected chi connectivity index (χ0v) is 17.0. The van der Waals surface area contributed by atoms with Crippen LogP contribution in [-0.4, -0.2) is 17.0 Å². The lowest BCUT2D eigenvalue weighted by Crippen LogP contribution is -2.31. The highest BCUT2D eigenvalue weighted by Gasteiger charge is 2.42. The lowest BCUT2D eigenvalue weighted by molar-refractivity contribution is -0.130. The maximum absolute atomic E-state index is 12.1. The first kappa shape index (κ1) is 19.0. The van der Waals surface area contributed by atoms with E-state index in [4.69, 9.17) is 32.5 Å². The minimum atomic E-state index is 0.102. The van der Waals surface area contributed by atoms with Crippen LogP contribution in [0.25, 0.3) is 11.3 Å². The van der Waals surface area contributed by atoms with Crippen LogP contribution in [-0.2, 0) is 16.1 Å². The third kappa shape index (κ3) is 3.55. The molecule has 2 aliphatic rings. The molecule has 0 radical (unpaired) electrons. The number of aromatic nitrogens is 1. The number of hydrogen-bond acceptors (Lipinski definition) is 4. The summed E-state index contributed by atoms with van der Waals surface area (Å²) in [4.78, 5) is 12.1. The Kier molecular flexibility index (Phi) is 5.32. The molecule has 1 heterocycles. The summed E-state index contributed by atoms with van der Waals surface area (Å²) in [6, 6.07) is 5.39. The quantitative estimate of drug-likeness (QED) is 0.605. The Labute approximate surface area is 169 Å². The highest BCUT2D eigenvalue weighted by Crippen LogP contribution is 2.42. The van der Waals surface area contributed by atoms with Crippen molar-refractivity contribution in [3.8, 4) is 11.3 Å². The summed E-state index contributed by atoms with van der Waals surface area (Å²) in [7, 11) is 0. The molecule has 1 aromatic heterocycles. The first-order chi connectivity index (χ1) is 13.0. The normalized spacial score (nSPS) is 24.8. The van der Waals surface area contributed by atoms with Gasteiger partial charge in [0.05, 0.1) is 22.8 Å². The third-order valence-corrected chi connectivity index (χ3v) is 6.40. The van der Waals surface area contributed by atoms with E-state index in [1.54, 1.807) is 12.1 Å². The fourth-order valence-electron chi connectivity index (χ4n) is 4.39. The molecule has 1 aromatic carbocycles. The molecular weight excluding hydrogens is 385 g/mol. The highest BCUT2D eigenvalue weighted by molar-refractivity contribution is 6.39. The zero-order chi connectivity index (χ0) is 19.1. The van der Waals surface area contributed by atoms with E-state index in [2.05, 4.69) is 19.0 Å². The minimum absolute atomic E-state index is 0.102. The molecule has 2 aliphatic carbocycles. The van der Waals surface area contributed by atoms with E-state index in [9.17, 15) is 4.79 Å². The van der Waals surface area contributed by atoms with Crippen molar-refractivity contribution in [1.82, 2.24) is 5.16 Å². The van der Waals surface area contributed by atoms with Gasteiger partial charge in [0.1, 0.15) is 17.2 Å². The number of benzene rings is 1. The Morgan fingerprint density at radius 2 is 1.81 bits per heavy atom. The molecule has 4 nitrogen and oxygen atoms in total. The summed E-state index contributed by atoms with van der Waals surface area (Å²) in [6.07, 6.45) is 3.76. The lowest BCUT2D eigenvalue weighted by Gasteiger charge is -2.27. The smallest absolute Gasteiger partial charge is 0.145 e. The van der Waals surface area contributed by atoms with Gasteiger partial charge < -0.3 is 9.26 Å². The van der Waals surface area contributed by atoms with Crippen molar-refractivity contribution in [3.63, 3.8) is 0 Å². The van der Waals surface area contributed by atoms with Crippen LogP contribution in [0.4, 0.5) is 0 Å². The maximum atomic E-state index is 12.1. The van der Waals surface area contributed by atoms with Crippen molar-refractivity contribution in [2.45, 2.75) is 58.2 Å². The molecule has 2 bridgehead atoms. The van der Waals surface area contributed by atoms with Gasteiger partial charge in [-0.3, -0.25) is 4.79 Å². The van der Waals surface area contributed by atoms with Crippen molar-refractivity contribution in [2.24, 2.45) is 11.8 Å². The van der Waals surface area contributed by atoms with E-state index < -0.39 is 0 Å². The zero-order valence-electron chi connectivity index (χ0n) is 15.5. The van der Waals surface area contributed by atoms with Crippen LogP contribution in [0.1, 0.15) is 56.8 Å². The molecular formula is C21H23Cl2NO3. The van der Waals surface area contributed by atoms with Gasteiger partial charge in [0.2, 0.25) is 0 Å². The standard InChI is InChI=1S/C21H23Cl2NO3/c1-11(2)21-15(10-26-14-8-12-6-7-13(9-14)20(12)25)19(24-27-21)18-16(22)4-3-5-17(18)23/h3-5,11-14H,6-10H2,1-2H3. The largest absolute Gasteiger partial charge is 0.373 e. The van der Waals surface area contributed by atoms with Gasteiger partial charge in [-0.05, 0) is 37.8 Å². The second-order valence-electron chi connectivity index (χ2n) is 7.90. The van der Waals surface area contributed by atoms with Crippen LogP contribution in [0.3, 0.4) is 0 Å². The van der Waals surface area contributed by atoms with Gasteiger partial charge in [0.15, 0.2) is 0 Å². The second-order valence-corrected chi connectivity index (χ2v) is 8.72. The Morgan fingerprint density at radius 1 is 1.19 bits per heavy atom. The number of halogens is 2. The molecule has 6 heteroatoms. The van der Waals surface area contributed by atoms with Gasteiger partial charge in [-0.15, -0.1) is 0 Å². The molecule has 4 rings (SSSR count). The molecule has 2 atom stereocenters. The summed E-state index contributed by atoms with van der Waals surface area (Å²) >= 11 is 12.8. The first-order valence-electron chi connectivity index (χ1n) is 9.53. The topological polar surface area (TPSA) is 52.3 Å². The second kappa shape index (κ2) is 7.57. The molecule has 0 saturated heterocycles. The van der Waals surface area contributed by atoms with Gasteiger partial charge in [-0.1, -0.05) is 48.3 Å². The average Bonchev–Trinajstić information content (AvgIpc) is 3.10. The predicted molar refractivity (Wildman–Crippen MR) is 105 cm³/mol. The van der Waals surface area contributed by atoms with E-state index in [1.807, 2.05) is 6.07 Å². The number of nitrogens with zero attached hydrogens (tertiary/aromatic N) is 1. The van der Waals surface area contributed by atoms with E-state index in [0.717, 1.165) is 37.0 Å². The number of ether oxygens (including phenoxy) is 1. The molecule has 2 saturated carbocycles. The summed E-state index contributed by atoms with van der Waals surface area (Å²) in [6.45, 7) is 4.50. The molecule has 0 N–H and O–H groups in total. The average molecular weight is 408 g/mol. The van der Waals surface area contributed by atoms with Gasteiger partial charge >= 0.3 is 0 Å². The van der Waals surface area contributed by atoms with Crippen molar-refractivity contribution >= 4 is 29.0 Å². The van der Waals surface area contributed by atoms with Crippen LogP contribution in [0.5, 0.6) is 0 Å². The van der Waals surface area contributed by atoms with Gasteiger partial charge in [0, 0.05) is 28.9 Å². The fraction of sp³-hybridized carbons (Fsp3) is 0.524. The number of hydrogen-bond donors (Lipinski definition) is 0. The lowest BCUT2D eigenvalue weighted by atomic mass is 9.86. The van der Waals surface area contributed by atoms with Crippen molar-refractivity contribution < 1.29 is 14.1 Å². The van der Waals surface area contributed by atoms with Gasteiger partial charge in [-0.2, -0.15) is 0 Å². The first-order valence-corrected chi connectivity index (χ1v) is 10.3. The SMILES string of the molecule is CC(C)c1onc(-c2c(Cl)cccc2Cl)c1COC1CC2CCC(C1)C2=O. The van der Waals surface area contributed by atoms with Crippen LogP contribution < -0.4 is 0 Å². The van der Waals surface area contributed by atoms with Crippen LogP contribution in [0, 0.1) is 11.8 Å². The Bertz CT molecular complexity index is 825. The summed E-state index contributed by atoms with van der Waals surface area (Å²) in [5, 5.41) is 5.34. The third-order valence-electron chi connectivity index (χ3n) is 5.77. The minimum Gasteiger partial charge on any atom is -0.373 e. The maximum Gasteiger partial charge on any atom is 0.145 e. The number of ketones is 1. The van der Waals surface area contributed by atoms with Crippen molar-refractivity contribution in [1.29, 1.82) is 0 Å². The fourth-order valence-corrected chi connectivity index (χ4v) is 4.97. The number of carbonyl (C=O) groups is 1. The van der Waals surface area contributed by atoms with E-state index in [0.29, 0.717) is 33.7 Å². The molecule has 2 fully saturated rings. The van der Waals surface area contributed by atoms with Gasteiger partial charge in [0.25, 0.3) is 0 Å². The Balaban J connectivity index is 1.60. The molecule has 0 spiro atoms. The molecule has 0 amide bonds. The van der Waals surface area contributed by atoms with Gasteiger partial charge in [-0.25, -0.2) is 0 Å². The molecule has 144 valence electrons. The van der Waals surface area contributed by atoms with Crippen LogP contribution in [0.2, 0.25) is 10.0 Å². The Hall–Kier alpha value is -1.36. The monoisotopic (exact) mass is 407 g/mol.